The van der Waals surface area contributed by atoms with Gasteiger partial charge in [0.2, 0.25) is 0 Å². The topological polar surface area (TPSA) is 48.0 Å². The first-order valence-electron chi connectivity index (χ1n) is 6.27. The van der Waals surface area contributed by atoms with Crippen LogP contribution in [0.25, 0.3) is 12.2 Å². The van der Waals surface area contributed by atoms with Gasteiger partial charge in [0.25, 0.3) is 0 Å². The number of fused-ring (bicyclic) bond motifs is 1. The van der Waals surface area contributed by atoms with E-state index in [0.29, 0.717) is 18.1 Å². The molecule has 0 N–H and O–H groups in total. The predicted molar refractivity (Wildman–Crippen MR) is 76.5 cm³/mol. The molecule has 2 rings (SSSR count). The molecule has 0 aliphatic carbocycles. The molecule has 1 aromatic carbocycles. The number of carbonyl (C=O) groups excluding carboxylic acids is 1. The van der Waals surface area contributed by atoms with Gasteiger partial charge in [0.15, 0.2) is 11.5 Å². The maximum atomic E-state index is 11.7. The van der Waals surface area contributed by atoms with Crippen LogP contribution in [0.3, 0.4) is 0 Å². The first kappa shape index (κ1) is 14.0. The highest BCUT2D eigenvalue weighted by Crippen LogP contribution is 2.32. The predicted octanol–water partition coefficient (Wildman–Crippen LogP) is 3.12. The first-order valence-corrected chi connectivity index (χ1v) is 6.27. The van der Waals surface area contributed by atoms with Crippen LogP contribution in [0.1, 0.15) is 18.1 Å². The van der Waals surface area contributed by atoms with E-state index in [4.69, 9.17) is 14.2 Å². The number of carbonyl (C=O) groups is 1. The van der Waals surface area contributed by atoms with Crippen molar-refractivity contribution in [3.63, 3.8) is 0 Å². The maximum Gasteiger partial charge on any atom is 0.417 e. The Morgan fingerprint density at radius 3 is 1.95 bits per heavy atom. The molecule has 0 saturated carbocycles. The van der Waals surface area contributed by atoms with Crippen LogP contribution < -0.4 is 9.47 Å². The number of nitrogens with zero attached hydrogens (tertiary/aromatic N) is 1. The van der Waals surface area contributed by atoms with Gasteiger partial charge < -0.3 is 14.2 Å². The van der Waals surface area contributed by atoms with Gasteiger partial charge in [-0.3, -0.25) is 4.90 Å². The van der Waals surface area contributed by atoms with Crippen molar-refractivity contribution in [2.75, 3.05) is 20.8 Å². The second kappa shape index (κ2) is 6.14. The van der Waals surface area contributed by atoms with Crippen LogP contribution in [0.15, 0.2) is 24.5 Å². The molecule has 0 unspecified atom stereocenters. The highest BCUT2D eigenvalue weighted by atomic mass is 16.6. The number of rotatable bonds is 3. The summed E-state index contributed by atoms with van der Waals surface area (Å²) in [6.45, 7) is 2.11. The molecule has 1 aliphatic rings. The lowest BCUT2D eigenvalue weighted by atomic mass is 10.1. The molecule has 1 amide bonds. The number of hydrogen-bond acceptors (Lipinski definition) is 4. The summed E-state index contributed by atoms with van der Waals surface area (Å²) < 4.78 is 15.5. The molecule has 0 bridgehead atoms. The number of ether oxygens (including phenoxy) is 3. The minimum Gasteiger partial charge on any atom is -0.493 e. The second-order valence-corrected chi connectivity index (χ2v) is 4.07. The molecule has 0 saturated heterocycles. The Balaban J connectivity index is 2.35. The van der Waals surface area contributed by atoms with E-state index in [1.165, 1.54) is 4.90 Å². The fraction of sp³-hybridized carbons (Fsp3) is 0.267. The van der Waals surface area contributed by atoms with Gasteiger partial charge in [-0.25, -0.2) is 4.79 Å². The van der Waals surface area contributed by atoms with Crippen molar-refractivity contribution in [1.29, 1.82) is 0 Å². The third-order valence-corrected chi connectivity index (χ3v) is 2.90. The smallest absolute Gasteiger partial charge is 0.417 e. The van der Waals surface area contributed by atoms with E-state index in [1.807, 2.05) is 24.3 Å². The van der Waals surface area contributed by atoms with Gasteiger partial charge in [0.1, 0.15) is 0 Å². The summed E-state index contributed by atoms with van der Waals surface area (Å²) in [5, 5.41) is 0. The van der Waals surface area contributed by atoms with Gasteiger partial charge >= 0.3 is 6.09 Å². The molecule has 20 heavy (non-hydrogen) atoms. The normalized spacial score (nSPS) is 12.7. The van der Waals surface area contributed by atoms with E-state index >= 15 is 0 Å². The third-order valence-electron chi connectivity index (χ3n) is 2.90. The minimum atomic E-state index is -0.410. The van der Waals surface area contributed by atoms with E-state index in [2.05, 4.69) is 0 Å². The summed E-state index contributed by atoms with van der Waals surface area (Å²) in [6, 6.07) is 3.73. The molecule has 1 heterocycles. The summed E-state index contributed by atoms with van der Waals surface area (Å²) in [7, 11) is 3.18. The van der Waals surface area contributed by atoms with Gasteiger partial charge in [-0.05, 0) is 42.3 Å². The van der Waals surface area contributed by atoms with Gasteiger partial charge in [-0.2, -0.15) is 0 Å². The van der Waals surface area contributed by atoms with Crippen LogP contribution >= 0.6 is 0 Å². The third kappa shape index (κ3) is 2.77. The van der Waals surface area contributed by atoms with Crippen LogP contribution in [-0.2, 0) is 4.74 Å². The van der Waals surface area contributed by atoms with Gasteiger partial charge in [0, 0.05) is 12.4 Å². The number of benzene rings is 1. The standard InChI is InChI=1S/C15H17NO4/c1-4-20-15(17)16-7-5-11-9-13(18-2)14(19-3)10-12(11)6-8-16/h5-10H,4H2,1-3H3. The van der Waals surface area contributed by atoms with Crippen molar-refractivity contribution in [2.45, 2.75) is 6.92 Å². The van der Waals surface area contributed by atoms with Gasteiger partial charge in [-0.15, -0.1) is 0 Å². The largest absolute Gasteiger partial charge is 0.493 e. The molecular formula is C15H17NO4. The van der Waals surface area contributed by atoms with E-state index in [-0.39, 0.29) is 0 Å². The summed E-state index contributed by atoms with van der Waals surface area (Å²) in [5.74, 6) is 1.29. The molecule has 0 radical (unpaired) electrons. The molecule has 0 atom stereocenters. The lowest BCUT2D eigenvalue weighted by molar-refractivity contribution is 0.134. The summed E-state index contributed by atoms with van der Waals surface area (Å²) in [5.41, 5.74) is 1.87. The molecule has 0 aromatic heterocycles. The highest BCUT2D eigenvalue weighted by Gasteiger charge is 2.13. The van der Waals surface area contributed by atoms with Gasteiger partial charge in [-0.1, -0.05) is 0 Å². The van der Waals surface area contributed by atoms with Crippen molar-refractivity contribution in [1.82, 2.24) is 4.90 Å². The fourth-order valence-corrected chi connectivity index (χ4v) is 1.89. The zero-order chi connectivity index (χ0) is 14.5. The maximum absolute atomic E-state index is 11.7. The average molecular weight is 275 g/mol. The van der Waals surface area contributed by atoms with Crippen LogP contribution in [0.5, 0.6) is 11.5 Å². The molecule has 1 aromatic rings. The lowest BCUT2D eigenvalue weighted by Gasteiger charge is -2.11. The van der Waals surface area contributed by atoms with E-state index in [1.54, 1.807) is 33.5 Å². The number of methoxy groups -OCH3 is 2. The zero-order valence-electron chi connectivity index (χ0n) is 11.8. The van der Waals surface area contributed by atoms with E-state index in [9.17, 15) is 4.79 Å². The Bertz CT molecular complexity index is 522. The lowest BCUT2D eigenvalue weighted by Crippen LogP contribution is -2.20. The molecular weight excluding hydrogens is 258 g/mol. The Kier molecular flexibility index (Phi) is 4.30. The van der Waals surface area contributed by atoms with Crippen LogP contribution in [0, 0.1) is 0 Å². The van der Waals surface area contributed by atoms with Crippen molar-refractivity contribution in [3.05, 3.63) is 35.7 Å². The Hall–Kier alpha value is -2.43. The van der Waals surface area contributed by atoms with Crippen LogP contribution in [0.2, 0.25) is 0 Å². The molecule has 0 spiro atoms. The summed E-state index contributed by atoms with van der Waals surface area (Å²) in [6.07, 6.45) is 6.56. The van der Waals surface area contributed by atoms with Crippen molar-refractivity contribution >= 4 is 18.2 Å². The van der Waals surface area contributed by atoms with Crippen molar-refractivity contribution in [2.24, 2.45) is 0 Å². The SMILES string of the molecule is CCOC(=O)N1C=Cc2cc(OC)c(OC)cc2C=C1. The summed E-state index contributed by atoms with van der Waals surface area (Å²) >= 11 is 0. The minimum absolute atomic E-state index is 0.339. The summed E-state index contributed by atoms with van der Waals surface area (Å²) in [4.78, 5) is 13.1. The highest BCUT2D eigenvalue weighted by molar-refractivity contribution is 5.77. The van der Waals surface area contributed by atoms with Gasteiger partial charge in [0.05, 0.1) is 20.8 Å². The zero-order valence-corrected chi connectivity index (χ0v) is 11.8. The monoisotopic (exact) mass is 275 g/mol. The number of hydrogen-bond donors (Lipinski definition) is 0. The molecule has 106 valence electrons. The van der Waals surface area contributed by atoms with Crippen LogP contribution in [-0.4, -0.2) is 31.8 Å². The van der Waals surface area contributed by atoms with E-state index in [0.717, 1.165) is 11.1 Å². The quantitative estimate of drug-likeness (QED) is 0.850. The van der Waals surface area contributed by atoms with Crippen molar-refractivity contribution in [3.8, 4) is 11.5 Å². The fourth-order valence-electron chi connectivity index (χ4n) is 1.89. The van der Waals surface area contributed by atoms with Crippen LogP contribution in [0.4, 0.5) is 4.79 Å². The second-order valence-electron chi connectivity index (χ2n) is 4.07. The molecule has 1 aliphatic heterocycles. The van der Waals surface area contributed by atoms with E-state index < -0.39 is 6.09 Å². The Morgan fingerprint density at radius 1 is 1.05 bits per heavy atom. The Labute approximate surface area is 118 Å². The molecule has 5 nitrogen and oxygen atoms in total. The average Bonchev–Trinajstić information content (AvgIpc) is 2.67. The number of amides is 1. The van der Waals surface area contributed by atoms with Crippen molar-refractivity contribution < 1.29 is 19.0 Å². The Morgan fingerprint density at radius 2 is 1.55 bits per heavy atom. The first-order chi connectivity index (χ1) is 9.69. The molecule has 0 fully saturated rings. The molecule has 5 heteroatoms.